The number of nitrogens with one attached hydrogen (secondary N) is 1. The molecule has 3 aliphatic rings. The van der Waals surface area contributed by atoms with Crippen LogP contribution in [0.3, 0.4) is 0 Å². The molecule has 4 heterocycles. The van der Waals surface area contributed by atoms with Crippen molar-refractivity contribution in [1.29, 1.82) is 0 Å². The zero-order chi connectivity index (χ0) is 27.9. The fourth-order valence-electron chi connectivity index (χ4n) is 7.53. The minimum atomic E-state index is -0.220. The van der Waals surface area contributed by atoms with Crippen LogP contribution in [0.1, 0.15) is 59.0 Å². The second kappa shape index (κ2) is 10.9. The number of likely N-dealkylation sites (N-methyl/N-ethyl adjacent to an activating group) is 2. The van der Waals surface area contributed by atoms with E-state index in [1.807, 2.05) is 35.2 Å². The summed E-state index contributed by atoms with van der Waals surface area (Å²) in [6.07, 6.45) is 3.70. The van der Waals surface area contributed by atoms with Crippen molar-refractivity contribution in [3.05, 3.63) is 101 Å². The van der Waals surface area contributed by atoms with Crippen LogP contribution in [-0.4, -0.2) is 67.2 Å². The number of carbonyl (C=O) groups excluding carboxylic acids is 1. The molecule has 0 saturated carbocycles. The van der Waals surface area contributed by atoms with Crippen molar-refractivity contribution < 1.29 is 9.53 Å². The molecule has 4 aromatic rings. The largest absolute Gasteiger partial charge is 0.445 e. The molecule has 6 heteroatoms. The number of carbonyl (C=O) groups is 1. The zero-order valence-electron chi connectivity index (χ0n) is 24.2. The van der Waals surface area contributed by atoms with E-state index in [1.54, 1.807) is 0 Å². The smallest absolute Gasteiger partial charge is 0.410 e. The predicted molar refractivity (Wildman–Crippen MR) is 165 cm³/mol. The van der Waals surface area contributed by atoms with Crippen molar-refractivity contribution in [3.63, 3.8) is 0 Å². The summed E-state index contributed by atoms with van der Waals surface area (Å²) in [7, 11) is 4.51. The SMILES string of the molecule is CN1CC[C@H]2c3cc(C4CCCN(C(=O)OCc5ccccc5)CCc5c4[nH]c4ccccc54)ccc3N(C)[C@@H]2C1. The molecule has 0 spiro atoms. The number of likely N-dealkylation sites (tertiary alicyclic amines) is 1. The number of fused-ring (bicyclic) bond motifs is 6. The number of anilines is 1. The van der Waals surface area contributed by atoms with Crippen LogP contribution in [0.5, 0.6) is 0 Å². The number of nitrogens with zero attached hydrogens (tertiary/aromatic N) is 3. The van der Waals surface area contributed by atoms with Crippen LogP contribution in [0.2, 0.25) is 0 Å². The maximum atomic E-state index is 13.2. The Morgan fingerprint density at radius 1 is 0.951 bits per heavy atom. The van der Waals surface area contributed by atoms with Crippen LogP contribution in [0.25, 0.3) is 10.9 Å². The van der Waals surface area contributed by atoms with E-state index in [2.05, 4.69) is 71.3 Å². The fourth-order valence-corrected chi connectivity index (χ4v) is 7.53. The third kappa shape index (κ3) is 4.88. The van der Waals surface area contributed by atoms with Gasteiger partial charge in [-0.25, -0.2) is 4.79 Å². The van der Waals surface area contributed by atoms with Gasteiger partial charge in [0.1, 0.15) is 6.61 Å². The number of rotatable bonds is 3. The normalized spacial score (nSPS) is 22.8. The molecule has 3 atom stereocenters. The number of hydrogen-bond acceptors (Lipinski definition) is 4. The van der Waals surface area contributed by atoms with Crippen molar-refractivity contribution in [3.8, 4) is 0 Å². The summed E-state index contributed by atoms with van der Waals surface area (Å²) < 4.78 is 5.76. The van der Waals surface area contributed by atoms with Crippen molar-refractivity contribution in [2.45, 2.75) is 50.2 Å². The second-order valence-corrected chi connectivity index (χ2v) is 12.2. The summed E-state index contributed by atoms with van der Waals surface area (Å²) in [4.78, 5) is 23.9. The van der Waals surface area contributed by atoms with Gasteiger partial charge < -0.3 is 24.4 Å². The Morgan fingerprint density at radius 2 is 1.78 bits per heavy atom. The molecule has 1 fully saturated rings. The number of benzene rings is 3. The predicted octanol–water partition coefficient (Wildman–Crippen LogP) is 6.51. The fraction of sp³-hybridized carbons (Fsp3) is 0.400. The van der Waals surface area contributed by atoms with E-state index in [-0.39, 0.29) is 12.0 Å². The van der Waals surface area contributed by atoms with Gasteiger partial charge in [-0.15, -0.1) is 0 Å². The first-order chi connectivity index (χ1) is 20.1. The van der Waals surface area contributed by atoms with Crippen molar-refractivity contribution in [2.75, 3.05) is 45.2 Å². The van der Waals surface area contributed by atoms with Gasteiger partial charge in [-0.1, -0.05) is 60.7 Å². The lowest BCUT2D eigenvalue weighted by molar-refractivity contribution is 0.0960. The molecule has 1 amide bonds. The molecule has 3 aromatic carbocycles. The molecule has 0 aliphatic carbocycles. The lowest BCUT2D eigenvalue weighted by Crippen LogP contribution is -2.45. The van der Waals surface area contributed by atoms with Gasteiger partial charge in [0.2, 0.25) is 0 Å². The van der Waals surface area contributed by atoms with E-state index in [9.17, 15) is 4.79 Å². The summed E-state index contributed by atoms with van der Waals surface area (Å²) in [5.41, 5.74) is 9.15. The van der Waals surface area contributed by atoms with Crippen molar-refractivity contribution in [1.82, 2.24) is 14.8 Å². The molecular formula is C35H40N4O2. The molecule has 0 bridgehead atoms. The van der Waals surface area contributed by atoms with Crippen LogP contribution >= 0.6 is 0 Å². The van der Waals surface area contributed by atoms with Gasteiger partial charge in [0, 0.05) is 66.8 Å². The van der Waals surface area contributed by atoms with E-state index in [1.165, 1.54) is 45.4 Å². The summed E-state index contributed by atoms with van der Waals surface area (Å²) in [6.45, 7) is 3.94. The lowest BCUT2D eigenvalue weighted by Gasteiger charge is -2.36. The van der Waals surface area contributed by atoms with E-state index >= 15 is 0 Å². The number of aromatic amines is 1. The average molecular weight is 549 g/mol. The third-order valence-electron chi connectivity index (χ3n) is 9.73. The summed E-state index contributed by atoms with van der Waals surface area (Å²) >= 11 is 0. The summed E-state index contributed by atoms with van der Waals surface area (Å²) in [5, 5.41) is 1.27. The summed E-state index contributed by atoms with van der Waals surface area (Å²) in [6, 6.07) is 26.4. The Labute approximate surface area is 242 Å². The molecule has 6 nitrogen and oxygen atoms in total. The highest BCUT2D eigenvalue weighted by Gasteiger charge is 2.40. The van der Waals surface area contributed by atoms with Gasteiger partial charge in [0.05, 0.1) is 0 Å². The number of amides is 1. The van der Waals surface area contributed by atoms with Gasteiger partial charge in [0.25, 0.3) is 0 Å². The first-order valence-corrected chi connectivity index (χ1v) is 15.2. The second-order valence-electron chi connectivity index (χ2n) is 12.2. The number of para-hydroxylation sites is 1. The molecule has 1 N–H and O–H groups in total. The minimum Gasteiger partial charge on any atom is -0.445 e. The van der Waals surface area contributed by atoms with Gasteiger partial charge in [-0.2, -0.15) is 0 Å². The standard InChI is InChI=1S/C35H40N4O2/c1-37-19-16-28-30-21-25(14-15-32(30)38(2)33(28)22-37)26-12-8-18-39(35(40)41-23-24-9-4-3-5-10-24)20-17-29-27-11-6-7-13-31(27)36-34(26)29/h3-7,9-11,13-15,21,26,28,33,36H,8,12,16-20,22-23H2,1-2H3/t26?,28-,33+/m0/s1. The molecule has 7 rings (SSSR count). The van der Waals surface area contributed by atoms with E-state index in [0.717, 1.165) is 37.9 Å². The van der Waals surface area contributed by atoms with E-state index < -0.39 is 0 Å². The van der Waals surface area contributed by atoms with Crippen LogP contribution in [0, 0.1) is 0 Å². The van der Waals surface area contributed by atoms with Crippen molar-refractivity contribution >= 4 is 22.7 Å². The number of ether oxygens (including phenoxy) is 1. The van der Waals surface area contributed by atoms with Gasteiger partial charge in [0.15, 0.2) is 0 Å². The van der Waals surface area contributed by atoms with Crippen LogP contribution in [0.4, 0.5) is 10.5 Å². The van der Waals surface area contributed by atoms with E-state index in [4.69, 9.17) is 4.74 Å². The topological polar surface area (TPSA) is 51.8 Å². The highest BCUT2D eigenvalue weighted by atomic mass is 16.6. The Balaban J connectivity index is 1.19. The average Bonchev–Trinajstić information content (AvgIpc) is 3.52. The highest BCUT2D eigenvalue weighted by Crippen LogP contribution is 2.46. The Hall–Kier alpha value is -3.77. The number of aromatic nitrogens is 1. The first-order valence-electron chi connectivity index (χ1n) is 15.2. The number of H-pyrrole nitrogens is 1. The number of piperidine rings is 1. The highest BCUT2D eigenvalue weighted by molar-refractivity contribution is 5.85. The zero-order valence-corrected chi connectivity index (χ0v) is 24.2. The third-order valence-corrected chi connectivity index (χ3v) is 9.73. The lowest BCUT2D eigenvalue weighted by atomic mass is 9.83. The number of hydrogen-bond donors (Lipinski definition) is 1. The monoisotopic (exact) mass is 548 g/mol. The maximum Gasteiger partial charge on any atom is 0.410 e. The molecule has 1 saturated heterocycles. The molecule has 0 radical (unpaired) electrons. The Kier molecular flexibility index (Phi) is 6.95. The van der Waals surface area contributed by atoms with Crippen LogP contribution in [0.15, 0.2) is 72.8 Å². The van der Waals surface area contributed by atoms with Gasteiger partial charge in [-0.3, -0.25) is 0 Å². The Morgan fingerprint density at radius 3 is 2.66 bits per heavy atom. The molecule has 212 valence electrons. The maximum absolute atomic E-state index is 13.2. The van der Waals surface area contributed by atoms with Crippen LogP contribution in [-0.2, 0) is 17.8 Å². The minimum absolute atomic E-state index is 0.220. The quantitative estimate of drug-likeness (QED) is 0.317. The van der Waals surface area contributed by atoms with Crippen LogP contribution < -0.4 is 4.90 Å². The molecule has 3 aliphatic heterocycles. The molecule has 1 aromatic heterocycles. The molecular weight excluding hydrogens is 508 g/mol. The van der Waals surface area contributed by atoms with Crippen molar-refractivity contribution in [2.24, 2.45) is 0 Å². The molecule has 1 unspecified atom stereocenters. The van der Waals surface area contributed by atoms with E-state index in [0.29, 0.717) is 31.7 Å². The van der Waals surface area contributed by atoms with Gasteiger partial charge >= 0.3 is 6.09 Å². The Bertz CT molecular complexity index is 1550. The first kappa shape index (κ1) is 26.1. The molecule has 41 heavy (non-hydrogen) atoms. The summed E-state index contributed by atoms with van der Waals surface area (Å²) in [5.74, 6) is 0.859. The van der Waals surface area contributed by atoms with Gasteiger partial charge in [-0.05, 0) is 73.7 Å².